The number of carbonyl (C=O) groups excluding carboxylic acids is 1. The van der Waals surface area contributed by atoms with Crippen LogP contribution in [0.1, 0.15) is 22.9 Å². The van der Waals surface area contributed by atoms with E-state index in [1.165, 1.54) is 4.31 Å². The van der Waals surface area contributed by atoms with Crippen molar-refractivity contribution < 1.29 is 22.7 Å². The summed E-state index contributed by atoms with van der Waals surface area (Å²) in [6, 6.07) is 11.7. The fraction of sp³-hybridized carbons (Fsp3) is 0.211. The summed E-state index contributed by atoms with van der Waals surface area (Å²) >= 11 is 0. The zero-order valence-electron chi connectivity index (χ0n) is 14.5. The van der Waals surface area contributed by atoms with Crippen LogP contribution in [0.3, 0.4) is 0 Å². The second-order valence-corrected chi connectivity index (χ2v) is 8.68. The van der Waals surface area contributed by atoms with Crippen LogP contribution >= 0.6 is 0 Å². The van der Waals surface area contributed by atoms with Crippen molar-refractivity contribution in [2.24, 2.45) is 0 Å². The summed E-state index contributed by atoms with van der Waals surface area (Å²) in [6.45, 7) is 0.131. The molecule has 1 aromatic heterocycles. The topological polar surface area (TPSA) is 101 Å². The highest BCUT2D eigenvalue weighted by Gasteiger charge is 2.52. The maximum Gasteiger partial charge on any atom is 0.305 e. The van der Waals surface area contributed by atoms with Crippen LogP contribution in [-0.2, 0) is 21.4 Å². The third kappa shape index (κ3) is 2.02. The minimum absolute atomic E-state index is 0.131. The Labute approximate surface area is 160 Å². The van der Waals surface area contributed by atoms with E-state index in [2.05, 4.69) is 9.71 Å². The second kappa shape index (κ2) is 5.27. The van der Waals surface area contributed by atoms with Crippen LogP contribution in [0.15, 0.2) is 42.5 Å². The van der Waals surface area contributed by atoms with Crippen molar-refractivity contribution in [3.63, 3.8) is 0 Å². The molecule has 2 aromatic carbocycles. The Balaban J connectivity index is 1.63. The number of nitrogens with one attached hydrogen (secondary N) is 2. The fourth-order valence-corrected chi connectivity index (χ4v) is 5.93. The number of aromatic amines is 1. The molecule has 0 bridgehead atoms. The molecule has 142 valence electrons. The molecule has 1 fully saturated rings. The number of H-pyrrole nitrogens is 1. The Kier molecular flexibility index (Phi) is 3.00. The summed E-state index contributed by atoms with van der Waals surface area (Å²) < 4.78 is 39.8. The normalized spacial score (nSPS) is 24.8. The number of hydrogen-bond acceptors (Lipinski definition) is 5. The number of aromatic nitrogens is 1. The SMILES string of the molecule is O=C1NS(=O)(=O)N2[C@H](c3ccc4c(c3)OCO4)c3[nH]c4ccccc4c3C[C@H]12. The van der Waals surface area contributed by atoms with Gasteiger partial charge in [-0.05, 0) is 29.3 Å². The summed E-state index contributed by atoms with van der Waals surface area (Å²) in [7, 11) is -3.95. The highest BCUT2D eigenvalue weighted by atomic mass is 32.2. The number of benzene rings is 2. The Bertz CT molecular complexity index is 1270. The van der Waals surface area contributed by atoms with Gasteiger partial charge in [-0.3, -0.25) is 4.79 Å². The first kappa shape index (κ1) is 16.0. The molecule has 0 aliphatic carbocycles. The zero-order chi connectivity index (χ0) is 19.0. The van der Waals surface area contributed by atoms with Crippen molar-refractivity contribution in [1.29, 1.82) is 0 Å². The van der Waals surface area contributed by atoms with Gasteiger partial charge in [0.2, 0.25) is 6.79 Å². The summed E-state index contributed by atoms with van der Waals surface area (Å²) in [5.74, 6) is 0.682. The lowest BCUT2D eigenvalue weighted by atomic mass is 9.90. The number of amides is 1. The summed E-state index contributed by atoms with van der Waals surface area (Å²) in [4.78, 5) is 15.8. The number of ether oxygens (including phenoxy) is 2. The largest absolute Gasteiger partial charge is 0.454 e. The first-order valence-corrected chi connectivity index (χ1v) is 10.3. The highest BCUT2D eigenvalue weighted by Crippen LogP contribution is 2.45. The molecule has 0 saturated carbocycles. The third-order valence-corrected chi connectivity index (χ3v) is 7.08. The minimum Gasteiger partial charge on any atom is -0.454 e. The predicted molar refractivity (Wildman–Crippen MR) is 99.1 cm³/mol. The van der Waals surface area contributed by atoms with Gasteiger partial charge in [0.15, 0.2) is 11.5 Å². The van der Waals surface area contributed by atoms with E-state index in [9.17, 15) is 13.2 Å². The molecular weight excluding hydrogens is 382 g/mol. The van der Waals surface area contributed by atoms with Crippen LogP contribution in [0, 0.1) is 0 Å². The van der Waals surface area contributed by atoms with E-state index in [-0.39, 0.29) is 6.79 Å². The quantitative estimate of drug-likeness (QED) is 0.649. The molecule has 28 heavy (non-hydrogen) atoms. The molecule has 3 aliphatic heterocycles. The molecule has 1 amide bonds. The molecular formula is C19H15N3O5S. The average molecular weight is 397 g/mol. The second-order valence-electron chi connectivity index (χ2n) is 7.10. The maximum absolute atomic E-state index is 12.8. The molecule has 3 aromatic rings. The molecule has 9 heteroatoms. The van der Waals surface area contributed by atoms with Crippen LogP contribution in [0.2, 0.25) is 0 Å². The zero-order valence-corrected chi connectivity index (χ0v) is 15.3. The highest BCUT2D eigenvalue weighted by molar-refractivity contribution is 7.88. The van der Waals surface area contributed by atoms with Gasteiger partial charge in [0, 0.05) is 23.0 Å². The monoisotopic (exact) mass is 397 g/mol. The van der Waals surface area contributed by atoms with Gasteiger partial charge >= 0.3 is 10.2 Å². The van der Waals surface area contributed by atoms with Gasteiger partial charge in [0.25, 0.3) is 5.91 Å². The standard InChI is InChI=1S/C19H15N3O5S/c23-19-14-8-12-11-3-1-2-4-13(11)20-17(12)18(22(14)28(24,25)21-19)10-5-6-15-16(7-10)27-9-26-15/h1-7,14,18,20H,8-9H2,(H,21,23)/t14-,18-/m1/s1. The van der Waals surface area contributed by atoms with Crippen molar-refractivity contribution in [3.05, 3.63) is 59.3 Å². The number of hydrogen-bond donors (Lipinski definition) is 2. The third-order valence-electron chi connectivity index (χ3n) is 5.60. The lowest BCUT2D eigenvalue weighted by Crippen LogP contribution is -2.44. The summed E-state index contributed by atoms with van der Waals surface area (Å²) in [5, 5.41) is 1.000. The number of fused-ring (bicyclic) bond motifs is 5. The Morgan fingerprint density at radius 3 is 2.79 bits per heavy atom. The van der Waals surface area contributed by atoms with E-state index in [1.807, 2.05) is 30.3 Å². The Morgan fingerprint density at radius 2 is 1.89 bits per heavy atom. The molecule has 0 unspecified atom stereocenters. The fourth-order valence-electron chi connectivity index (χ4n) is 4.42. The molecule has 0 spiro atoms. The Hall–Kier alpha value is -3.04. The predicted octanol–water partition coefficient (Wildman–Crippen LogP) is 1.59. The van der Waals surface area contributed by atoms with E-state index in [0.717, 1.165) is 22.2 Å². The number of carbonyl (C=O) groups is 1. The summed E-state index contributed by atoms with van der Waals surface area (Å²) in [5.41, 5.74) is 3.36. The molecule has 0 radical (unpaired) electrons. The van der Waals surface area contributed by atoms with Crippen molar-refractivity contribution in [2.45, 2.75) is 18.5 Å². The maximum atomic E-state index is 12.8. The van der Waals surface area contributed by atoms with Gasteiger partial charge in [0.05, 0.1) is 6.04 Å². The van der Waals surface area contributed by atoms with Crippen molar-refractivity contribution in [2.75, 3.05) is 6.79 Å². The van der Waals surface area contributed by atoms with Crippen LogP contribution in [0.4, 0.5) is 0 Å². The number of nitrogens with zero attached hydrogens (tertiary/aromatic N) is 1. The van der Waals surface area contributed by atoms with Gasteiger partial charge in [-0.25, -0.2) is 4.72 Å². The first-order chi connectivity index (χ1) is 13.5. The van der Waals surface area contributed by atoms with Crippen LogP contribution < -0.4 is 14.2 Å². The van der Waals surface area contributed by atoms with E-state index in [0.29, 0.717) is 23.5 Å². The molecule has 2 N–H and O–H groups in total. The van der Waals surface area contributed by atoms with Gasteiger partial charge in [0.1, 0.15) is 6.04 Å². The summed E-state index contributed by atoms with van der Waals surface area (Å²) in [6.07, 6.45) is 0.325. The lowest BCUT2D eigenvalue weighted by molar-refractivity contribution is -0.121. The molecule has 3 aliphatic rings. The first-order valence-electron chi connectivity index (χ1n) is 8.87. The lowest BCUT2D eigenvalue weighted by Gasteiger charge is -2.34. The van der Waals surface area contributed by atoms with Crippen LogP contribution in [-0.4, -0.2) is 36.4 Å². The number of para-hydroxylation sites is 1. The smallest absolute Gasteiger partial charge is 0.305 e. The molecule has 6 rings (SSSR count). The average Bonchev–Trinajstić information content (AvgIpc) is 3.34. The molecule has 8 nitrogen and oxygen atoms in total. The van der Waals surface area contributed by atoms with Crippen molar-refractivity contribution in [3.8, 4) is 11.5 Å². The minimum atomic E-state index is -3.95. The van der Waals surface area contributed by atoms with Crippen molar-refractivity contribution >= 4 is 27.0 Å². The van der Waals surface area contributed by atoms with E-state index in [4.69, 9.17) is 9.47 Å². The van der Waals surface area contributed by atoms with Gasteiger partial charge in [-0.15, -0.1) is 0 Å². The van der Waals surface area contributed by atoms with Crippen molar-refractivity contribution in [1.82, 2.24) is 14.0 Å². The molecule has 4 heterocycles. The molecule has 1 saturated heterocycles. The molecule has 2 atom stereocenters. The van der Waals surface area contributed by atoms with Gasteiger partial charge in [-0.2, -0.15) is 12.7 Å². The number of rotatable bonds is 1. The van der Waals surface area contributed by atoms with E-state index >= 15 is 0 Å². The van der Waals surface area contributed by atoms with Gasteiger partial charge in [-0.1, -0.05) is 24.3 Å². The van der Waals surface area contributed by atoms with Crippen LogP contribution in [0.25, 0.3) is 10.9 Å². The van der Waals surface area contributed by atoms with E-state index in [1.54, 1.807) is 12.1 Å². The van der Waals surface area contributed by atoms with Gasteiger partial charge < -0.3 is 14.5 Å². The van der Waals surface area contributed by atoms with E-state index < -0.39 is 28.2 Å². The van der Waals surface area contributed by atoms with Crippen LogP contribution in [0.5, 0.6) is 11.5 Å². The Morgan fingerprint density at radius 1 is 1.07 bits per heavy atom.